The van der Waals surface area contributed by atoms with E-state index in [0.717, 1.165) is 0 Å². The van der Waals surface area contributed by atoms with Crippen molar-refractivity contribution >= 4 is 5.91 Å². The number of amides is 1. The number of carbonyl (C=O) groups excluding carboxylic acids is 1. The molecule has 0 aromatic carbocycles. The molecule has 3 N–H and O–H groups in total. The maximum absolute atomic E-state index is 11.4. The van der Waals surface area contributed by atoms with Crippen molar-refractivity contribution in [3.8, 4) is 0 Å². The Morgan fingerprint density at radius 1 is 1.86 bits per heavy atom. The van der Waals surface area contributed by atoms with Crippen molar-refractivity contribution in [3.05, 3.63) is 18.2 Å². The van der Waals surface area contributed by atoms with Crippen LogP contribution in [0.25, 0.3) is 0 Å². The molecule has 6 heteroatoms. The van der Waals surface area contributed by atoms with Crippen LogP contribution in [0.3, 0.4) is 0 Å². The van der Waals surface area contributed by atoms with Crippen LogP contribution in [0.15, 0.2) is 12.5 Å². The monoisotopic (exact) mass is 199 g/mol. The van der Waals surface area contributed by atoms with E-state index in [-0.39, 0.29) is 19.1 Å². The molecule has 0 aliphatic rings. The van der Waals surface area contributed by atoms with Crippen LogP contribution in [0.4, 0.5) is 0 Å². The number of aromatic nitrogens is 2. The SMILES string of the molecule is COCC(CO)NC(=O)c1cnc[nH]1. The number of hydrogen-bond donors (Lipinski definition) is 3. The summed E-state index contributed by atoms with van der Waals surface area (Å²) in [6.07, 6.45) is 2.83. The summed E-state index contributed by atoms with van der Waals surface area (Å²) < 4.78 is 4.81. The number of imidazole rings is 1. The van der Waals surface area contributed by atoms with Crippen LogP contribution >= 0.6 is 0 Å². The summed E-state index contributed by atoms with van der Waals surface area (Å²) in [5, 5.41) is 11.5. The molecule has 0 aliphatic heterocycles. The van der Waals surface area contributed by atoms with Crippen LogP contribution in [0.2, 0.25) is 0 Å². The first-order valence-electron chi connectivity index (χ1n) is 4.17. The van der Waals surface area contributed by atoms with Gasteiger partial charge in [-0.1, -0.05) is 0 Å². The lowest BCUT2D eigenvalue weighted by Gasteiger charge is -2.14. The first kappa shape index (κ1) is 10.7. The second kappa shape index (κ2) is 5.36. The number of nitrogens with zero attached hydrogens (tertiary/aromatic N) is 1. The molecule has 0 aliphatic carbocycles. The van der Waals surface area contributed by atoms with E-state index in [2.05, 4.69) is 15.3 Å². The molecular formula is C8H13N3O3. The summed E-state index contributed by atoms with van der Waals surface area (Å²) in [6.45, 7) is 0.115. The van der Waals surface area contributed by atoms with Gasteiger partial charge in [-0.15, -0.1) is 0 Å². The Balaban J connectivity index is 2.47. The third-order valence-electron chi connectivity index (χ3n) is 1.67. The van der Waals surface area contributed by atoms with Gasteiger partial charge in [-0.25, -0.2) is 4.98 Å². The van der Waals surface area contributed by atoms with Crippen molar-refractivity contribution in [1.82, 2.24) is 15.3 Å². The lowest BCUT2D eigenvalue weighted by molar-refractivity contribution is 0.0835. The fourth-order valence-electron chi connectivity index (χ4n) is 0.984. The lowest BCUT2D eigenvalue weighted by Crippen LogP contribution is -2.40. The van der Waals surface area contributed by atoms with Gasteiger partial charge in [0.25, 0.3) is 5.91 Å². The van der Waals surface area contributed by atoms with Crippen LogP contribution in [0.1, 0.15) is 10.5 Å². The number of aromatic amines is 1. The van der Waals surface area contributed by atoms with Crippen LogP contribution in [0.5, 0.6) is 0 Å². The zero-order chi connectivity index (χ0) is 10.4. The molecule has 14 heavy (non-hydrogen) atoms. The number of methoxy groups -OCH3 is 1. The van der Waals surface area contributed by atoms with Crippen molar-refractivity contribution in [2.75, 3.05) is 20.3 Å². The number of H-pyrrole nitrogens is 1. The van der Waals surface area contributed by atoms with Crippen molar-refractivity contribution in [1.29, 1.82) is 0 Å². The zero-order valence-electron chi connectivity index (χ0n) is 7.86. The molecule has 78 valence electrons. The van der Waals surface area contributed by atoms with E-state index in [1.165, 1.54) is 19.6 Å². The smallest absolute Gasteiger partial charge is 0.269 e. The first-order chi connectivity index (χ1) is 6.77. The fraction of sp³-hybridized carbons (Fsp3) is 0.500. The van der Waals surface area contributed by atoms with Gasteiger partial charge in [0.05, 0.1) is 31.8 Å². The zero-order valence-corrected chi connectivity index (χ0v) is 7.86. The third-order valence-corrected chi connectivity index (χ3v) is 1.67. The van der Waals surface area contributed by atoms with Gasteiger partial charge < -0.3 is 20.1 Å². The van der Waals surface area contributed by atoms with Crippen LogP contribution in [0, 0.1) is 0 Å². The van der Waals surface area contributed by atoms with E-state index >= 15 is 0 Å². The lowest BCUT2D eigenvalue weighted by atomic mass is 10.3. The molecule has 0 spiro atoms. The van der Waals surface area contributed by atoms with Crippen LogP contribution < -0.4 is 5.32 Å². The maximum atomic E-state index is 11.4. The number of rotatable bonds is 5. The summed E-state index contributed by atoms with van der Waals surface area (Å²) in [7, 11) is 1.50. The second-order valence-electron chi connectivity index (χ2n) is 2.77. The number of nitrogens with one attached hydrogen (secondary N) is 2. The Morgan fingerprint density at radius 3 is 3.14 bits per heavy atom. The van der Waals surface area contributed by atoms with Crippen molar-refractivity contribution in [3.63, 3.8) is 0 Å². The summed E-state index contributed by atoms with van der Waals surface area (Å²) in [5.74, 6) is -0.307. The maximum Gasteiger partial charge on any atom is 0.269 e. The molecule has 0 saturated carbocycles. The molecule has 1 unspecified atom stereocenters. The molecule has 1 rings (SSSR count). The Morgan fingerprint density at radius 2 is 2.64 bits per heavy atom. The van der Waals surface area contributed by atoms with Gasteiger partial charge in [0.15, 0.2) is 0 Å². The molecule has 0 bridgehead atoms. The van der Waals surface area contributed by atoms with Crippen LogP contribution in [-0.4, -0.2) is 47.3 Å². The van der Waals surface area contributed by atoms with Crippen LogP contribution in [-0.2, 0) is 4.74 Å². The number of hydrogen-bond acceptors (Lipinski definition) is 4. The number of carbonyl (C=O) groups is 1. The highest BCUT2D eigenvalue weighted by Gasteiger charge is 2.13. The number of ether oxygens (including phenoxy) is 1. The predicted octanol–water partition coefficient (Wildman–Crippen LogP) is -0.853. The van der Waals surface area contributed by atoms with Gasteiger partial charge in [-0.2, -0.15) is 0 Å². The van der Waals surface area contributed by atoms with Crippen molar-refractivity contribution in [2.45, 2.75) is 6.04 Å². The van der Waals surface area contributed by atoms with Gasteiger partial charge in [-0.3, -0.25) is 4.79 Å². The van der Waals surface area contributed by atoms with Gasteiger partial charge >= 0.3 is 0 Å². The molecule has 1 heterocycles. The number of aliphatic hydroxyl groups excluding tert-OH is 1. The largest absolute Gasteiger partial charge is 0.394 e. The highest BCUT2D eigenvalue weighted by Crippen LogP contribution is 1.92. The molecule has 0 radical (unpaired) electrons. The van der Waals surface area contributed by atoms with Gasteiger partial charge in [0, 0.05) is 7.11 Å². The minimum Gasteiger partial charge on any atom is -0.394 e. The standard InChI is InChI=1S/C8H13N3O3/c1-14-4-6(3-12)11-8(13)7-2-9-5-10-7/h2,5-6,12H,3-4H2,1H3,(H,9,10)(H,11,13). The molecule has 1 aromatic heterocycles. The Kier molecular flexibility index (Phi) is 4.09. The fourth-order valence-corrected chi connectivity index (χ4v) is 0.984. The first-order valence-corrected chi connectivity index (χ1v) is 4.17. The van der Waals surface area contributed by atoms with E-state index in [1.54, 1.807) is 0 Å². The molecule has 0 saturated heterocycles. The highest BCUT2D eigenvalue weighted by molar-refractivity contribution is 5.92. The van der Waals surface area contributed by atoms with E-state index in [1.807, 2.05) is 0 Å². The van der Waals surface area contributed by atoms with E-state index in [4.69, 9.17) is 9.84 Å². The third kappa shape index (κ3) is 2.82. The average Bonchev–Trinajstić information content (AvgIpc) is 2.69. The molecule has 6 nitrogen and oxygen atoms in total. The highest BCUT2D eigenvalue weighted by atomic mass is 16.5. The molecule has 1 aromatic rings. The minimum atomic E-state index is -0.393. The summed E-state index contributed by atoms with van der Waals surface area (Å²) in [6, 6.07) is -0.393. The summed E-state index contributed by atoms with van der Waals surface area (Å²) in [5.41, 5.74) is 0.361. The topological polar surface area (TPSA) is 87.2 Å². The van der Waals surface area contributed by atoms with Gasteiger partial charge in [0.1, 0.15) is 5.69 Å². The molecule has 0 fully saturated rings. The van der Waals surface area contributed by atoms with E-state index in [9.17, 15) is 4.79 Å². The molecule has 1 amide bonds. The average molecular weight is 199 g/mol. The normalized spacial score (nSPS) is 12.4. The van der Waals surface area contributed by atoms with Crippen molar-refractivity contribution < 1.29 is 14.6 Å². The second-order valence-corrected chi connectivity index (χ2v) is 2.77. The Hall–Kier alpha value is -1.40. The molecular weight excluding hydrogens is 186 g/mol. The van der Waals surface area contributed by atoms with Crippen molar-refractivity contribution in [2.24, 2.45) is 0 Å². The molecule has 1 atom stereocenters. The summed E-state index contributed by atoms with van der Waals surface area (Å²) >= 11 is 0. The van der Waals surface area contributed by atoms with Gasteiger partial charge in [0.2, 0.25) is 0 Å². The quantitative estimate of drug-likeness (QED) is 0.576. The predicted molar refractivity (Wildman–Crippen MR) is 48.8 cm³/mol. The Bertz CT molecular complexity index is 273. The minimum absolute atomic E-state index is 0.159. The van der Waals surface area contributed by atoms with E-state index < -0.39 is 6.04 Å². The number of aliphatic hydroxyl groups is 1. The Labute approximate surface area is 81.3 Å². The van der Waals surface area contributed by atoms with E-state index in [0.29, 0.717) is 5.69 Å². The van der Waals surface area contributed by atoms with Gasteiger partial charge in [-0.05, 0) is 0 Å². The summed E-state index contributed by atoms with van der Waals surface area (Å²) in [4.78, 5) is 17.8.